The third-order valence-electron chi connectivity index (χ3n) is 5.77. The standard InChI is InChI=1S/C19H27FN6/c1-24-11-13-25(14-12-24)18(15-7-9-16(20)10-8-15)19-21-22-23-26(19)17-5-3-2-4-6-17/h7-10,17-18H,2-6,11-14H2,1H3/t18-/m0/s1. The zero-order chi connectivity index (χ0) is 17.9. The molecule has 6 nitrogen and oxygen atoms in total. The average Bonchev–Trinajstić information content (AvgIpc) is 3.15. The van der Waals surface area contributed by atoms with Crippen LogP contribution in [-0.2, 0) is 0 Å². The van der Waals surface area contributed by atoms with Gasteiger partial charge < -0.3 is 4.90 Å². The zero-order valence-corrected chi connectivity index (χ0v) is 15.4. The van der Waals surface area contributed by atoms with Crippen LogP contribution in [0.2, 0.25) is 0 Å². The first-order valence-corrected chi connectivity index (χ1v) is 9.68. The number of hydrogen-bond donors (Lipinski definition) is 0. The summed E-state index contributed by atoms with van der Waals surface area (Å²) in [6.45, 7) is 3.94. The molecule has 2 aromatic rings. The van der Waals surface area contributed by atoms with Crippen molar-refractivity contribution in [2.24, 2.45) is 0 Å². The van der Waals surface area contributed by atoms with Crippen LogP contribution in [-0.4, -0.2) is 63.2 Å². The molecule has 7 heteroatoms. The number of halogens is 1. The van der Waals surface area contributed by atoms with Crippen LogP contribution >= 0.6 is 0 Å². The highest BCUT2D eigenvalue weighted by molar-refractivity contribution is 5.25. The summed E-state index contributed by atoms with van der Waals surface area (Å²) in [6, 6.07) is 7.17. The minimum Gasteiger partial charge on any atom is -0.304 e. The number of tetrazole rings is 1. The number of nitrogens with zero attached hydrogens (tertiary/aromatic N) is 6. The average molecular weight is 358 g/mol. The Morgan fingerprint density at radius 2 is 1.69 bits per heavy atom. The van der Waals surface area contributed by atoms with Gasteiger partial charge in [-0.25, -0.2) is 9.07 Å². The Hall–Kier alpha value is -1.86. The largest absolute Gasteiger partial charge is 0.304 e. The molecule has 0 N–H and O–H groups in total. The molecule has 0 radical (unpaired) electrons. The van der Waals surface area contributed by atoms with E-state index in [-0.39, 0.29) is 11.9 Å². The molecule has 140 valence electrons. The minimum atomic E-state index is -0.210. The lowest BCUT2D eigenvalue weighted by atomic mass is 9.95. The Morgan fingerprint density at radius 1 is 1.00 bits per heavy atom. The van der Waals surface area contributed by atoms with Crippen molar-refractivity contribution in [1.82, 2.24) is 30.0 Å². The van der Waals surface area contributed by atoms with Crippen molar-refractivity contribution in [2.45, 2.75) is 44.2 Å². The van der Waals surface area contributed by atoms with Crippen molar-refractivity contribution in [3.05, 3.63) is 41.5 Å². The molecule has 2 heterocycles. The van der Waals surface area contributed by atoms with Crippen molar-refractivity contribution < 1.29 is 4.39 Å². The highest BCUT2D eigenvalue weighted by atomic mass is 19.1. The number of piperazine rings is 1. The van der Waals surface area contributed by atoms with Crippen LogP contribution in [0.3, 0.4) is 0 Å². The lowest BCUT2D eigenvalue weighted by Crippen LogP contribution is -2.46. The third-order valence-corrected chi connectivity index (χ3v) is 5.77. The molecule has 1 saturated heterocycles. The summed E-state index contributed by atoms with van der Waals surface area (Å²) in [7, 11) is 2.15. The monoisotopic (exact) mass is 358 g/mol. The lowest BCUT2D eigenvalue weighted by molar-refractivity contribution is 0.119. The Morgan fingerprint density at radius 3 is 2.38 bits per heavy atom. The van der Waals surface area contributed by atoms with E-state index in [9.17, 15) is 4.39 Å². The molecule has 1 aliphatic heterocycles. The van der Waals surface area contributed by atoms with E-state index >= 15 is 0 Å². The molecule has 0 bridgehead atoms. The molecule has 1 aromatic heterocycles. The molecule has 0 amide bonds. The Balaban J connectivity index is 1.69. The molecule has 1 aliphatic carbocycles. The van der Waals surface area contributed by atoms with Gasteiger partial charge in [0.1, 0.15) is 5.82 Å². The summed E-state index contributed by atoms with van der Waals surface area (Å²) in [5.74, 6) is 0.686. The van der Waals surface area contributed by atoms with E-state index in [0.29, 0.717) is 6.04 Å². The first-order chi connectivity index (χ1) is 12.7. The molecule has 0 spiro atoms. The van der Waals surface area contributed by atoms with Crippen LogP contribution < -0.4 is 0 Å². The van der Waals surface area contributed by atoms with Gasteiger partial charge in [-0.2, -0.15) is 0 Å². The lowest BCUT2D eigenvalue weighted by Gasteiger charge is -2.38. The maximum Gasteiger partial charge on any atom is 0.173 e. The molecular weight excluding hydrogens is 331 g/mol. The van der Waals surface area contributed by atoms with Crippen molar-refractivity contribution in [3.63, 3.8) is 0 Å². The Bertz CT molecular complexity index is 701. The van der Waals surface area contributed by atoms with Crippen molar-refractivity contribution in [3.8, 4) is 0 Å². The second kappa shape index (κ2) is 7.80. The van der Waals surface area contributed by atoms with Gasteiger partial charge in [0.2, 0.25) is 0 Å². The van der Waals surface area contributed by atoms with Gasteiger partial charge in [0, 0.05) is 26.2 Å². The second-order valence-electron chi connectivity index (χ2n) is 7.57. The van der Waals surface area contributed by atoms with E-state index in [0.717, 1.165) is 50.4 Å². The van der Waals surface area contributed by atoms with Gasteiger partial charge in [0.25, 0.3) is 0 Å². The van der Waals surface area contributed by atoms with Crippen LogP contribution in [0.25, 0.3) is 0 Å². The highest BCUT2D eigenvalue weighted by Gasteiger charge is 2.32. The molecule has 2 fully saturated rings. The van der Waals surface area contributed by atoms with E-state index in [1.807, 2.05) is 16.8 Å². The Labute approximate surface area is 154 Å². The summed E-state index contributed by atoms with van der Waals surface area (Å²) in [6.07, 6.45) is 6.04. The normalized spacial score (nSPS) is 21.8. The third kappa shape index (κ3) is 3.64. The molecule has 1 atom stereocenters. The van der Waals surface area contributed by atoms with E-state index in [1.54, 1.807) is 0 Å². The summed E-state index contributed by atoms with van der Waals surface area (Å²) in [5, 5.41) is 12.8. The summed E-state index contributed by atoms with van der Waals surface area (Å²) in [4.78, 5) is 4.76. The van der Waals surface area contributed by atoms with Crippen LogP contribution in [0.15, 0.2) is 24.3 Å². The predicted molar refractivity (Wildman–Crippen MR) is 97.3 cm³/mol. The van der Waals surface area contributed by atoms with Crippen LogP contribution in [0.1, 0.15) is 55.6 Å². The van der Waals surface area contributed by atoms with Gasteiger partial charge in [0.15, 0.2) is 5.82 Å². The fourth-order valence-corrected chi connectivity index (χ4v) is 4.21. The number of rotatable bonds is 4. The van der Waals surface area contributed by atoms with Crippen molar-refractivity contribution in [2.75, 3.05) is 33.2 Å². The number of aromatic nitrogens is 4. The van der Waals surface area contributed by atoms with Crippen LogP contribution in [0.5, 0.6) is 0 Å². The molecule has 1 saturated carbocycles. The fourth-order valence-electron chi connectivity index (χ4n) is 4.21. The molecule has 1 aromatic carbocycles. The topological polar surface area (TPSA) is 50.1 Å². The zero-order valence-electron chi connectivity index (χ0n) is 15.4. The van der Waals surface area contributed by atoms with E-state index in [1.165, 1.54) is 31.4 Å². The molecule has 0 unspecified atom stereocenters. The SMILES string of the molecule is CN1CCN([C@@H](c2ccc(F)cc2)c2nnnn2C2CCCCC2)CC1. The van der Waals surface area contributed by atoms with Gasteiger partial charge in [-0.1, -0.05) is 31.4 Å². The summed E-state index contributed by atoms with van der Waals surface area (Å²) in [5.41, 5.74) is 1.06. The smallest absolute Gasteiger partial charge is 0.173 e. The molecular formula is C19H27FN6. The maximum absolute atomic E-state index is 13.5. The second-order valence-corrected chi connectivity index (χ2v) is 7.57. The van der Waals surface area contributed by atoms with Crippen LogP contribution in [0, 0.1) is 5.82 Å². The molecule has 2 aliphatic rings. The highest BCUT2D eigenvalue weighted by Crippen LogP contribution is 2.33. The minimum absolute atomic E-state index is 0.0266. The van der Waals surface area contributed by atoms with Gasteiger partial charge in [-0.15, -0.1) is 5.10 Å². The van der Waals surface area contributed by atoms with E-state index in [2.05, 4.69) is 32.4 Å². The van der Waals surface area contributed by atoms with Gasteiger partial charge in [-0.05, 0) is 48.0 Å². The van der Waals surface area contributed by atoms with E-state index < -0.39 is 0 Å². The number of likely N-dealkylation sites (N-methyl/N-ethyl adjacent to an activating group) is 1. The van der Waals surface area contributed by atoms with Crippen LogP contribution in [0.4, 0.5) is 4.39 Å². The van der Waals surface area contributed by atoms with E-state index in [4.69, 9.17) is 0 Å². The predicted octanol–water partition coefficient (Wildman–Crippen LogP) is 2.65. The summed E-state index contributed by atoms with van der Waals surface area (Å²) < 4.78 is 15.5. The molecule has 4 rings (SSSR count). The van der Waals surface area contributed by atoms with Gasteiger partial charge >= 0.3 is 0 Å². The first kappa shape index (κ1) is 17.5. The quantitative estimate of drug-likeness (QED) is 0.841. The number of benzene rings is 1. The van der Waals surface area contributed by atoms with Gasteiger partial charge in [0.05, 0.1) is 12.1 Å². The summed E-state index contributed by atoms with van der Waals surface area (Å²) >= 11 is 0. The number of hydrogen-bond acceptors (Lipinski definition) is 5. The van der Waals surface area contributed by atoms with Gasteiger partial charge in [-0.3, -0.25) is 4.90 Å². The van der Waals surface area contributed by atoms with Crippen molar-refractivity contribution in [1.29, 1.82) is 0 Å². The maximum atomic E-state index is 13.5. The first-order valence-electron chi connectivity index (χ1n) is 9.68. The molecule has 26 heavy (non-hydrogen) atoms. The fraction of sp³-hybridized carbons (Fsp3) is 0.632. The van der Waals surface area contributed by atoms with Crippen molar-refractivity contribution >= 4 is 0 Å². The Kier molecular flexibility index (Phi) is 5.26.